The molecule has 0 radical (unpaired) electrons. The Morgan fingerprint density at radius 1 is 1.31 bits per heavy atom. The van der Waals surface area contributed by atoms with Crippen molar-refractivity contribution in [2.75, 3.05) is 19.6 Å². The molecule has 1 atom stereocenters. The number of carbonyl (C=O) groups is 2. The molecule has 2 aromatic rings. The zero-order valence-corrected chi connectivity index (χ0v) is 17.9. The molecular weight excluding hydrogens is 390 g/mol. The van der Waals surface area contributed by atoms with E-state index in [-0.39, 0.29) is 17.9 Å². The van der Waals surface area contributed by atoms with Gasteiger partial charge >= 0.3 is 6.09 Å². The molecule has 0 bridgehead atoms. The lowest BCUT2D eigenvalue weighted by Crippen LogP contribution is -2.36. The summed E-state index contributed by atoms with van der Waals surface area (Å²) in [7, 11) is 0. The third-order valence-corrected chi connectivity index (χ3v) is 5.53. The van der Waals surface area contributed by atoms with Crippen molar-refractivity contribution >= 4 is 36.0 Å². The van der Waals surface area contributed by atoms with Crippen LogP contribution in [0.1, 0.15) is 62.0 Å². The molecule has 1 N–H and O–H groups in total. The highest BCUT2D eigenvalue weighted by Crippen LogP contribution is 2.39. The normalized spacial score (nSPS) is 19.6. The largest absolute Gasteiger partial charge is 0.444 e. The molecule has 4 rings (SSSR count). The smallest absolute Gasteiger partial charge is 0.410 e. The fraction of sp³-hybridized carbons (Fsp3) is 0.600. The molecule has 1 saturated heterocycles. The molecular formula is C20H27N5O3S. The van der Waals surface area contributed by atoms with Gasteiger partial charge in [0.1, 0.15) is 11.1 Å². The van der Waals surface area contributed by atoms with E-state index in [4.69, 9.17) is 4.74 Å². The number of thiol groups is 1. The number of aromatic nitrogens is 3. The van der Waals surface area contributed by atoms with Crippen LogP contribution >= 0.6 is 12.8 Å². The van der Waals surface area contributed by atoms with Gasteiger partial charge in [0.05, 0.1) is 17.5 Å². The van der Waals surface area contributed by atoms with Crippen LogP contribution in [0, 0.1) is 5.92 Å². The van der Waals surface area contributed by atoms with Crippen LogP contribution < -0.4 is 5.32 Å². The first-order chi connectivity index (χ1) is 13.7. The summed E-state index contributed by atoms with van der Waals surface area (Å²) >= 11 is 4.37. The van der Waals surface area contributed by atoms with Crippen molar-refractivity contribution in [3.63, 3.8) is 0 Å². The first-order valence-electron chi connectivity index (χ1n) is 10.0. The van der Waals surface area contributed by atoms with Crippen molar-refractivity contribution in [1.82, 2.24) is 24.2 Å². The molecule has 2 fully saturated rings. The molecule has 0 spiro atoms. The molecule has 9 heteroatoms. The Morgan fingerprint density at radius 2 is 2.07 bits per heavy atom. The number of amides is 2. The van der Waals surface area contributed by atoms with E-state index in [1.54, 1.807) is 17.3 Å². The Kier molecular flexibility index (Phi) is 5.18. The fourth-order valence-electron chi connectivity index (χ4n) is 3.56. The first kappa shape index (κ1) is 20.0. The maximum Gasteiger partial charge on any atom is 0.410 e. The van der Waals surface area contributed by atoms with Crippen LogP contribution in [0.3, 0.4) is 0 Å². The molecule has 0 aromatic carbocycles. The number of carbonyl (C=O) groups excluding carboxylic acids is 2. The molecule has 8 nitrogen and oxygen atoms in total. The number of nitrogens with one attached hydrogen (secondary N) is 1. The first-order valence-corrected chi connectivity index (χ1v) is 10.4. The van der Waals surface area contributed by atoms with Crippen molar-refractivity contribution in [1.29, 1.82) is 0 Å². The van der Waals surface area contributed by atoms with Gasteiger partial charge in [-0.05, 0) is 46.0 Å². The van der Waals surface area contributed by atoms with E-state index in [2.05, 4.69) is 28.1 Å². The number of rotatable bonds is 4. The number of ether oxygens (including phenoxy) is 1. The summed E-state index contributed by atoms with van der Waals surface area (Å²) in [5, 5.41) is 2.99. The Balaban J connectivity index is 1.38. The summed E-state index contributed by atoms with van der Waals surface area (Å²) < 4.78 is 6.96. The monoisotopic (exact) mass is 417 g/mol. The van der Waals surface area contributed by atoms with E-state index in [0.29, 0.717) is 42.3 Å². The third kappa shape index (κ3) is 4.49. The second-order valence-electron chi connectivity index (χ2n) is 8.92. The maximum absolute atomic E-state index is 12.8. The van der Waals surface area contributed by atoms with Gasteiger partial charge in [-0.1, -0.05) is 12.8 Å². The van der Waals surface area contributed by atoms with Gasteiger partial charge in [0.25, 0.3) is 5.91 Å². The van der Waals surface area contributed by atoms with Gasteiger partial charge < -0.3 is 15.0 Å². The summed E-state index contributed by atoms with van der Waals surface area (Å²) in [5.74, 6) is 0.466. The average Bonchev–Trinajstić information content (AvgIpc) is 3.30. The van der Waals surface area contributed by atoms with E-state index in [9.17, 15) is 9.59 Å². The van der Waals surface area contributed by atoms with Crippen molar-refractivity contribution in [2.24, 2.45) is 5.92 Å². The highest BCUT2D eigenvalue weighted by molar-refractivity contribution is 7.78. The van der Waals surface area contributed by atoms with Crippen LogP contribution in [0.2, 0.25) is 0 Å². The fourth-order valence-corrected chi connectivity index (χ4v) is 3.82. The molecule has 1 aliphatic carbocycles. The Morgan fingerprint density at radius 3 is 2.76 bits per heavy atom. The lowest BCUT2D eigenvalue weighted by molar-refractivity contribution is 0.0288. The Labute approximate surface area is 175 Å². The SMILES string of the molecule is CC(C)(C)OC(=O)N1CCC(CNC(=O)c2cn(S)c3ncc(C4CC4)nc23)C1. The van der Waals surface area contributed by atoms with E-state index in [1.807, 2.05) is 20.8 Å². The topological polar surface area (TPSA) is 89.4 Å². The highest BCUT2D eigenvalue weighted by Gasteiger charge is 2.31. The third-order valence-electron chi connectivity index (χ3n) is 5.22. The van der Waals surface area contributed by atoms with Crippen LogP contribution in [0.15, 0.2) is 12.4 Å². The van der Waals surface area contributed by atoms with Gasteiger partial charge in [-0.25, -0.2) is 14.8 Å². The molecule has 2 aliphatic rings. The van der Waals surface area contributed by atoms with Gasteiger partial charge in [0.2, 0.25) is 0 Å². The second kappa shape index (κ2) is 7.51. The van der Waals surface area contributed by atoms with E-state index in [0.717, 1.165) is 25.0 Å². The Bertz CT molecular complexity index is 947. The minimum absolute atomic E-state index is 0.194. The van der Waals surface area contributed by atoms with Crippen molar-refractivity contribution in [3.05, 3.63) is 23.7 Å². The number of hydrogen-bond donors (Lipinski definition) is 2. The Hall–Kier alpha value is -2.29. The van der Waals surface area contributed by atoms with E-state index < -0.39 is 5.60 Å². The maximum atomic E-state index is 12.8. The zero-order valence-electron chi connectivity index (χ0n) is 17.0. The minimum atomic E-state index is -0.509. The number of hydrogen-bond acceptors (Lipinski definition) is 6. The summed E-state index contributed by atoms with van der Waals surface area (Å²) in [4.78, 5) is 35.8. The number of nitrogens with zero attached hydrogens (tertiary/aromatic N) is 4. The van der Waals surface area contributed by atoms with Crippen molar-refractivity contribution in [3.8, 4) is 0 Å². The lowest BCUT2D eigenvalue weighted by atomic mass is 10.1. The molecule has 1 aliphatic heterocycles. The van der Waals surface area contributed by atoms with Crippen molar-refractivity contribution in [2.45, 2.75) is 51.6 Å². The molecule has 29 heavy (non-hydrogen) atoms. The summed E-state index contributed by atoms with van der Waals surface area (Å²) in [6.07, 6.45) is 6.21. The standard InChI is InChI=1S/C20H27N5O3S/c1-20(2,3)28-19(27)24-7-6-12(10-24)8-22-18(26)14-11-25(29)17-16(14)23-15(9-21-17)13-4-5-13/h9,11-13,29H,4-8,10H2,1-3H3,(H,22,26). The molecule has 2 aromatic heterocycles. The summed E-state index contributed by atoms with van der Waals surface area (Å²) in [5.41, 5.74) is 2.08. The van der Waals surface area contributed by atoms with Crippen LogP contribution in [0.5, 0.6) is 0 Å². The van der Waals surface area contributed by atoms with Crippen LogP contribution in [0.25, 0.3) is 11.2 Å². The summed E-state index contributed by atoms with van der Waals surface area (Å²) in [6, 6.07) is 0. The quantitative estimate of drug-likeness (QED) is 0.747. The van der Waals surface area contributed by atoms with Gasteiger partial charge in [-0.3, -0.25) is 8.77 Å². The van der Waals surface area contributed by atoms with Crippen LogP contribution in [0.4, 0.5) is 4.79 Å². The lowest BCUT2D eigenvalue weighted by Gasteiger charge is -2.24. The summed E-state index contributed by atoms with van der Waals surface area (Å²) in [6.45, 7) is 7.28. The average molecular weight is 418 g/mol. The molecule has 156 valence electrons. The van der Waals surface area contributed by atoms with Gasteiger partial charge in [0, 0.05) is 31.7 Å². The van der Waals surface area contributed by atoms with E-state index >= 15 is 0 Å². The zero-order chi connectivity index (χ0) is 20.8. The van der Waals surface area contributed by atoms with Crippen LogP contribution in [-0.4, -0.2) is 56.1 Å². The highest BCUT2D eigenvalue weighted by atomic mass is 32.1. The van der Waals surface area contributed by atoms with Gasteiger partial charge in [-0.15, -0.1) is 0 Å². The number of fused-ring (bicyclic) bond motifs is 1. The molecule has 1 unspecified atom stereocenters. The molecule has 3 heterocycles. The van der Waals surface area contributed by atoms with E-state index in [1.165, 1.54) is 3.97 Å². The molecule has 2 amide bonds. The predicted molar refractivity (Wildman–Crippen MR) is 112 cm³/mol. The van der Waals surface area contributed by atoms with Gasteiger partial charge in [-0.2, -0.15) is 0 Å². The molecule has 1 saturated carbocycles. The van der Waals surface area contributed by atoms with Crippen LogP contribution in [-0.2, 0) is 4.74 Å². The second-order valence-corrected chi connectivity index (χ2v) is 9.35. The predicted octanol–water partition coefficient (Wildman–Crippen LogP) is 2.99. The number of likely N-dealkylation sites (tertiary alicyclic amines) is 1. The van der Waals surface area contributed by atoms with Crippen molar-refractivity contribution < 1.29 is 14.3 Å². The minimum Gasteiger partial charge on any atom is -0.444 e. The van der Waals surface area contributed by atoms with Gasteiger partial charge in [0.15, 0.2) is 5.65 Å².